The van der Waals surface area contributed by atoms with Crippen LogP contribution in [0.3, 0.4) is 0 Å². The number of benzene rings is 2. The number of piperidine rings is 1. The fourth-order valence-corrected chi connectivity index (χ4v) is 5.66. The Hall–Kier alpha value is -4.88. The summed E-state index contributed by atoms with van der Waals surface area (Å²) in [6.07, 6.45) is 7.09. The summed E-state index contributed by atoms with van der Waals surface area (Å²) in [7, 11) is 0. The highest BCUT2D eigenvalue weighted by atomic mass is 19.3. The van der Waals surface area contributed by atoms with Gasteiger partial charge in [0.15, 0.2) is 23.0 Å². The Kier molecular flexibility index (Phi) is 10.4. The van der Waals surface area contributed by atoms with Crippen LogP contribution >= 0.6 is 0 Å². The van der Waals surface area contributed by atoms with Crippen LogP contribution in [0.5, 0.6) is 5.75 Å². The summed E-state index contributed by atoms with van der Waals surface area (Å²) >= 11 is 0. The number of nitrogens with one attached hydrogen (secondary N) is 2. The highest BCUT2D eigenvalue weighted by molar-refractivity contribution is 5.96. The number of carbonyl (C=O) groups is 2. The van der Waals surface area contributed by atoms with Crippen molar-refractivity contribution in [3.63, 3.8) is 0 Å². The predicted octanol–water partition coefficient (Wildman–Crippen LogP) is 7.35. The van der Waals surface area contributed by atoms with E-state index >= 15 is 0 Å². The van der Waals surface area contributed by atoms with Gasteiger partial charge in [-0.3, -0.25) is 9.20 Å². The number of alkyl halides is 2. The van der Waals surface area contributed by atoms with E-state index in [9.17, 15) is 27.2 Å². The molecule has 256 valence electrons. The van der Waals surface area contributed by atoms with E-state index in [1.807, 2.05) is 33.8 Å². The van der Waals surface area contributed by atoms with Crippen LogP contribution in [-0.2, 0) is 11.2 Å². The molecule has 4 aromatic rings. The van der Waals surface area contributed by atoms with E-state index < -0.39 is 29.6 Å². The van der Waals surface area contributed by atoms with Gasteiger partial charge in [0.1, 0.15) is 5.60 Å². The number of ether oxygens (including phenoxy) is 2. The number of carbonyl (C=O) groups excluding carboxylic acids is 2. The van der Waals surface area contributed by atoms with Gasteiger partial charge in [-0.1, -0.05) is 6.92 Å². The molecule has 2 aromatic carbocycles. The molecule has 14 heteroatoms. The molecule has 5 rings (SSSR count). The number of likely N-dealkylation sites (tertiary alicyclic amines) is 1. The maximum atomic E-state index is 14.9. The predicted molar refractivity (Wildman–Crippen MR) is 172 cm³/mol. The molecule has 0 saturated carbocycles. The molecule has 0 spiro atoms. The van der Waals surface area contributed by atoms with Crippen LogP contribution in [-0.4, -0.2) is 63.1 Å². The molecule has 0 unspecified atom stereocenters. The normalized spacial score (nSPS) is 14.0. The van der Waals surface area contributed by atoms with Crippen molar-refractivity contribution < 1.29 is 36.6 Å². The zero-order valence-electron chi connectivity index (χ0n) is 27.2. The Bertz CT molecular complexity index is 1780. The highest BCUT2D eigenvalue weighted by Crippen LogP contribution is 2.32. The van der Waals surface area contributed by atoms with E-state index in [0.717, 1.165) is 37.0 Å². The average molecular weight is 671 g/mol. The van der Waals surface area contributed by atoms with Gasteiger partial charge in [-0.2, -0.15) is 13.2 Å². The molecule has 48 heavy (non-hydrogen) atoms. The lowest BCUT2D eigenvalue weighted by atomic mass is 9.93. The summed E-state index contributed by atoms with van der Waals surface area (Å²) in [6.45, 7) is 5.97. The second kappa shape index (κ2) is 14.5. The third-order valence-corrected chi connectivity index (χ3v) is 8.06. The number of imidazole rings is 1. The molecule has 2 aromatic heterocycles. The van der Waals surface area contributed by atoms with Gasteiger partial charge < -0.3 is 25.0 Å². The first-order valence-corrected chi connectivity index (χ1v) is 15.8. The second-order valence-corrected chi connectivity index (χ2v) is 12.5. The number of aryl methyl sites for hydroxylation is 1. The first-order chi connectivity index (χ1) is 22.8. The van der Waals surface area contributed by atoms with E-state index in [1.54, 1.807) is 17.0 Å². The van der Waals surface area contributed by atoms with Crippen molar-refractivity contribution in [2.75, 3.05) is 25.0 Å². The number of anilines is 2. The summed E-state index contributed by atoms with van der Waals surface area (Å²) < 4.78 is 65.4. The monoisotopic (exact) mass is 670 g/mol. The van der Waals surface area contributed by atoms with Crippen LogP contribution in [0.1, 0.15) is 62.9 Å². The van der Waals surface area contributed by atoms with Crippen molar-refractivity contribution in [2.24, 2.45) is 5.92 Å². The molecule has 10 nitrogen and oxygen atoms in total. The van der Waals surface area contributed by atoms with Crippen LogP contribution < -0.4 is 15.4 Å². The molecular weight excluding hydrogens is 632 g/mol. The van der Waals surface area contributed by atoms with Gasteiger partial charge in [0.25, 0.3) is 5.91 Å². The van der Waals surface area contributed by atoms with Crippen LogP contribution in [0.4, 0.5) is 33.9 Å². The Balaban J connectivity index is 1.21. The molecule has 0 bridgehead atoms. The topological polar surface area (TPSA) is 110 Å². The quantitative estimate of drug-likeness (QED) is 0.170. The third kappa shape index (κ3) is 7.97. The Morgan fingerprint density at radius 3 is 2.50 bits per heavy atom. The van der Waals surface area contributed by atoms with Crippen molar-refractivity contribution in [1.82, 2.24) is 24.6 Å². The molecule has 0 radical (unpaired) electrons. The number of rotatable bonds is 10. The van der Waals surface area contributed by atoms with Crippen molar-refractivity contribution in [3.8, 4) is 17.0 Å². The second-order valence-electron chi connectivity index (χ2n) is 12.5. The average Bonchev–Trinajstić information content (AvgIpc) is 3.47. The lowest BCUT2D eigenvalue weighted by molar-refractivity contribution is -0.0525. The molecule has 0 atom stereocenters. The number of nitrogens with zero attached hydrogens (tertiary/aromatic N) is 4. The van der Waals surface area contributed by atoms with Gasteiger partial charge in [0.05, 0.1) is 11.9 Å². The fraction of sp³-hybridized carbons (Fsp3) is 0.412. The maximum Gasteiger partial charge on any atom is 0.410 e. The number of fused-ring (bicyclic) bond motifs is 1. The number of aromatic nitrogens is 3. The Morgan fingerprint density at radius 2 is 1.81 bits per heavy atom. The summed E-state index contributed by atoms with van der Waals surface area (Å²) in [5.74, 6) is -3.25. The van der Waals surface area contributed by atoms with E-state index in [-0.39, 0.29) is 23.3 Å². The first kappa shape index (κ1) is 34.5. The molecule has 3 heterocycles. The van der Waals surface area contributed by atoms with Gasteiger partial charge >= 0.3 is 12.7 Å². The maximum absolute atomic E-state index is 14.9. The molecule has 1 aliphatic heterocycles. The van der Waals surface area contributed by atoms with E-state index in [4.69, 9.17) is 4.74 Å². The molecular formula is C34H38F4N6O4. The summed E-state index contributed by atoms with van der Waals surface area (Å²) in [5, 5.41) is 6.21. The van der Waals surface area contributed by atoms with E-state index in [0.29, 0.717) is 54.7 Å². The van der Waals surface area contributed by atoms with Crippen molar-refractivity contribution in [1.29, 1.82) is 0 Å². The van der Waals surface area contributed by atoms with Crippen LogP contribution in [0, 0.1) is 17.6 Å². The number of amides is 2. The minimum absolute atomic E-state index is 0.172. The minimum Gasteiger partial charge on any atom is -0.444 e. The zero-order valence-corrected chi connectivity index (χ0v) is 27.2. The Morgan fingerprint density at radius 1 is 1.06 bits per heavy atom. The van der Waals surface area contributed by atoms with Crippen LogP contribution in [0.2, 0.25) is 0 Å². The molecule has 1 aliphatic rings. The van der Waals surface area contributed by atoms with Gasteiger partial charge in [-0.25, -0.2) is 19.2 Å². The summed E-state index contributed by atoms with van der Waals surface area (Å²) in [6, 6.07) is 7.38. The molecule has 1 fully saturated rings. The molecule has 2 amide bonds. The van der Waals surface area contributed by atoms with Crippen molar-refractivity contribution in [3.05, 3.63) is 71.7 Å². The summed E-state index contributed by atoms with van der Waals surface area (Å²) in [4.78, 5) is 35.9. The van der Waals surface area contributed by atoms with Crippen LogP contribution in [0.15, 0.2) is 48.9 Å². The Labute approximate surface area is 275 Å². The van der Waals surface area contributed by atoms with E-state index in [2.05, 4.69) is 25.3 Å². The standard InChI is InChI=1S/C34H38F4N6O4/c1-5-21-18-22(6-7-23(21)31(45)40-13-10-20-11-15-43(16-12-20)33(46)48-34(2,3)4)42-29-30-41-19-25(44(30)17-14-39-29)24-8-9-26(47-32(37)38)28(36)27(24)35/h6-9,14,17-20,32H,5,10-13,15-16H2,1-4H3,(H,39,42)(H,40,45). The first-order valence-electron chi connectivity index (χ1n) is 15.8. The van der Waals surface area contributed by atoms with Gasteiger partial charge in [-0.05, 0) is 88.3 Å². The largest absolute Gasteiger partial charge is 0.444 e. The van der Waals surface area contributed by atoms with Crippen LogP contribution in [0.25, 0.3) is 16.9 Å². The minimum atomic E-state index is -3.30. The summed E-state index contributed by atoms with van der Waals surface area (Å²) in [5.41, 5.74) is 1.74. The van der Waals surface area contributed by atoms with E-state index in [1.165, 1.54) is 23.0 Å². The smallest absolute Gasteiger partial charge is 0.410 e. The van der Waals surface area contributed by atoms with Gasteiger partial charge in [0, 0.05) is 48.8 Å². The van der Waals surface area contributed by atoms with Gasteiger partial charge in [0.2, 0.25) is 5.82 Å². The number of halogens is 4. The number of hydrogen-bond donors (Lipinski definition) is 2. The zero-order chi connectivity index (χ0) is 34.6. The lowest BCUT2D eigenvalue weighted by Crippen LogP contribution is -2.42. The SMILES string of the molecule is CCc1cc(Nc2nccn3c(-c4ccc(OC(F)F)c(F)c4F)cnc23)ccc1C(=O)NCCC1CCN(C(=O)OC(C)(C)C)CC1. The highest BCUT2D eigenvalue weighted by Gasteiger charge is 2.27. The lowest BCUT2D eigenvalue weighted by Gasteiger charge is -2.33. The molecule has 1 saturated heterocycles. The van der Waals surface area contributed by atoms with Crippen molar-refractivity contribution in [2.45, 2.75) is 65.6 Å². The molecule has 2 N–H and O–H groups in total. The fourth-order valence-electron chi connectivity index (χ4n) is 5.66. The van der Waals surface area contributed by atoms with Gasteiger partial charge in [-0.15, -0.1) is 0 Å². The third-order valence-electron chi connectivity index (χ3n) is 8.06. The number of hydrogen-bond acceptors (Lipinski definition) is 7. The molecule has 0 aliphatic carbocycles. The van der Waals surface area contributed by atoms with Crippen molar-refractivity contribution >= 4 is 29.2 Å².